The number of amides is 4. The number of imide groups is 2. The Balaban J connectivity index is 0.000000199. The highest BCUT2D eigenvalue weighted by atomic mass is 16.7. The van der Waals surface area contributed by atoms with Crippen LogP contribution in [0.15, 0.2) is 48.5 Å². The number of hydrogen-bond donors (Lipinski definition) is 2. The molecule has 0 aromatic heterocycles. The summed E-state index contributed by atoms with van der Waals surface area (Å²) in [5.74, 6) is -2.28. The van der Waals surface area contributed by atoms with E-state index < -0.39 is 29.7 Å². The van der Waals surface area contributed by atoms with Crippen molar-refractivity contribution in [3.63, 3.8) is 0 Å². The lowest BCUT2D eigenvalue weighted by molar-refractivity contribution is -0.113. The summed E-state index contributed by atoms with van der Waals surface area (Å²) < 4.78 is 4.71. The minimum absolute atomic E-state index is 0. The Morgan fingerprint density at radius 3 is 1.55 bits per heavy atom. The summed E-state index contributed by atoms with van der Waals surface area (Å²) in [4.78, 5) is 50.5. The summed E-state index contributed by atoms with van der Waals surface area (Å²) in [6.07, 6.45) is -0.149. The van der Waals surface area contributed by atoms with Gasteiger partial charge in [0.2, 0.25) is 0 Å². The summed E-state index contributed by atoms with van der Waals surface area (Å²) >= 11 is 0. The van der Waals surface area contributed by atoms with Gasteiger partial charge in [-0.2, -0.15) is 0 Å². The van der Waals surface area contributed by atoms with E-state index in [1.54, 1.807) is 36.4 Å². The number of ether oxygens (including phenoxy) is 1. The summed E-state index contributed by atoms with van der Waals surface area (Å²) in [6.45, 7) is 4.46. The Morgan fingerprint density at radius 1 is 0.909 bits per heavy atom. The van der Waals surface area contributed by atoms with Gasteiger partial charge in [0.1, 0.15) is 6.61 Å². The summed E-state index contributed by atoms with van der Waals surface area (Å²) in [7, 11) is 0. The topological polar surface area (TPSA) is 137 Å². The molecule has 2 aromatic rings. The first-order valence-corrected chi connectivity index (χ1v) is 9.79. The number of carbonyl (C=O) groups excluding carboxylic acids is 4. The van der Waals surface area contributed by atoms with Crippen molar-refractivity contribution in [1.82, 2.24) is 10.1 Å². The zero-order valence-corrected chi connectivity index (χ0v) is 17.4. The molecular formula is C23H26N2O8. The van der Waals surface area contributed by atoms with Gasteiger partial charge in [-0.1, -0.05) is 31.7 Å². The van der Waals surface area contributed by atoms with Gasteiger partial charge in [-0.25, -0.2) is 0 Å². The lowest BCUT2D eigenvalue weighted by Crippen LogP contribution is -2.32. The molecule has 2 aromatic carbocycles. The van der Waals surface area contributed by atoms with E-state index >= 15 is 0 Å². The molecule has 0 aliphatic carbocycles. The fraction of sp³-hybridized carbons (Fsp3) is 0.304. The fourth-order valence-electron chi connectivity index (χ4n) is 2.74. The maximum atomic E-state index is 11.7. The maximum absolute atomic E-state index is 11.7. The first kappa shape index (κ1) is 25.8. The van der Waals surface area contributed by atoms with Gasteiger partial charge < -0.3 is 9.84 Å². The summed E-state index contributed by atoms with van der Waals surface area (Å²) in [6, 6.07) is 12.8. The monoisotopic (exact) mass is 458 g/mol. The molecule has 1 fully saturated rings. The van der Waals surface area contributed by atoms with Crippen LogP contribution in [-0.2, 0) is 9.57 Å². The highest BCUT2D eigenvalue weighted by molar-refractivity contribution is 6.21. The molecule has 0 radical (unpaired) electrons. The van der Waals surface area contributed by atoms with Crippen LogP contribution in [0.5, 0.6) is 0 Å². The smallest absolute Gasteiger partial charge is 0.285 e. The first-order chi connectivity index (χ1) is 15.2. The molecule has 0 spiro atoms. The van der Waals surface area contributed by atoms with Crippen LogP contribution in [0.25, 0.3) is 0 Å². The second-order valence-corrected chi connectivity index (χ2v) is 7.21. The zero-order chi connectivity index (χ0) is 23.4. The van der Waals surface area contributed by atoms with Crippen molar-refractivity contribution in [2.45, 2.75) is 33.5 Å². The molecule has 1 saturated heterocycles. The van der Waals surface area contributed by atoms with E-state index in [9.17, 15) is 19.2 Å². The van der Waals surface area contributed by atoms with Crippen molar-refractivity contribution in [2.24, 2.45) is 0 Å². The predicted molar refractivity (Wildman–Crippen MR) is 115 cm³/mol. The number of nitrogens with zero attached hydrogens (tertiary/aromatic N) is 2. The van der Waals surface area contributed by atoms with Gasteiger partial charge in [0.25, 0.3) is 23.6 Å². The van der Waals surface area contributed by atoms with Gasteiger partial charge in [0, 0.05) is 0 Å². The number of aliphatic hydroxyl groups excluding tert-OH is 1. The van der Waals surface area contributed by atoms with Crippen molar-refractivity contribution in [3.05, 3.63) is 70.8 Å². The lowest BCUT2D eigenvalue weighted by atomic mass is 10.1. The SMILES string of the molecule is C.CC(O)CON1C(=O)c2ccccc2C1=O.CC1CO1.O=C1c2ccccc2C(=O)N1O. The van der Waals surface area contributed by atoms with Crippen molar-refractivity contribution in [3.8, 4) is 0 Å². The number of aliphatic hydroxyl groups is 1. The van der Waals surface area contributed by atoms with Crippen molar-refractivity contribution in [1.29, 1.82) is 0 Å². The first-order valence-electron chi connectivity index (χ1n) is 9.79. The Kier molecular flexibility index (Phi) is 8.55. The van der Waals surface area contributed by atoms with Crippen molar-refractivity contribution in [2.75, 3.05) is 13.2 Å². The number of carbonyl (C=O) groups is 4. The lowest BCUT2D eigenvalue weighted by Gasteiger charge is -2.14. The average molecular weight is 458 g/mol. The van der Waals surface area contributed by atoms with E-state index in [0.29, 0.717) is 22.3 Å². The maximum Gasteiger partial charge on any atom is 0.285 e. The molecule has 2 atom stereocenters. The van der Waals surface area contributed by atoms with E-state index in [2.05, 4.69) is 6.92 Å². The van der Waals surface area contributed by atoms with Gasteiger partial charge in [-0.15, -0.1) is 10.1 Å². The van der Waals surface area contributed by atoms with E-state index in [1.807, 2.05) is 0 Å². The molecule has 176 valence electrons. The highest BCUT2D eigenvalue weighted by Gasteiger charge is 2.36. The van der Waals surface area contributed by atoms with Crippen LogP contribution in [0.4, 0.5) is 0 Å². The van der Waals surface area contributed by atoms with Crippen LogP contribution in [0.2, 0.25) is 0 Å². The van der Waals surface area contributed by atoms with Gasteiger partial charge in [-0.05, 0) is 38.1 Å². The fourth-order valence-corrected chi connectivity index (χ4v) is 2.74. The van der Waals surface area contributed by atoms with Crippen LogP contribution in [0.1, 0.15) is 62.7 Å². The quantitative estimate of drug-likeness (QED) is 0.406. The second-order valence-electron chi connectivity index (χ2n) is 7.21. The molecule has 0 saturated carbocycles. The average Bonchev–Trinajstić information content (AvgIpc) is 3.50. The molecule has 2 N–H and O–H groups in total. The summed E-state index contributed by atoms with van der Waals surface area (Å²) in [5.41, 5.74) is 1.17. The van der Waals surface area contributed by atoms with E-state index in [0.717, 1.165) is 6.61 Å². The molecular weight excluding hydrogens is 432 g/mol. The second kappa shape index (κ2) is 10.9. The van der Waals surface area contributed by atoms with Crippen molar-refractivity contribution < 1.29 is 39.1 Å². The molecule has 4 amide bonds. The van der Waals surface area contributed by atoms with E-state index in [4.69, 9.17) is 19.9 Å². The Morgan fingerprint density at radius 2 is 1.24 bits per heavy atom. The van der Waals surface area contributed by atoms with E-state index in [1.165, 1.54) is 19.1 Å². The molecule has 10 nitrogen and oxygen atoms in total. The van der Waals surface area contributed by atoms with Gasteiger partial charge in [-0.3, -0.25) is 29.2 Å². The van der Waals surface area contributed by atoms with Gasteiger partial charge in [0.15, 0.2) is 0 Å². The Bertz CT molecular complexity index is 978. The number of fused-ring (bicyclic) bond motifs is 2. The zero-order valence-electron chi connectivity index (χ0n) is 17.4. The normalized spacial score (nSPS) is 18.4. The predicted octanol–water partition coefficient (Wildman–Crippen LogP) is 2.31. The van der Waals surface area contributed by atoms with Crippen molar-refractivity contribution >= 4 is 23.6 Å². The molecule has 3 aliphatic rings. The molecule has 10 heteroatoms. The molecule has 3 heterocycles. The standard InChI is InChI=1S/C11H11NO4.C8H5NO3.C3H6O.CH4/c1-7(13)6-16-12-10(14)8-4-2-3-5-9(8)11(12)15;10-7-5-3-1-2-4-6(5)8(11)9(7)12;1-3-2-4-3;/h2-5,7,13H,6H2,1H3;1-4,12H;3H,2H2,1H3;1H4. The minimum atomic E-state index is -0.732. The minimum Gasteiger partial charge on any atom is -0.391 e. The molecule has 3 aliphatic heterocycles. The van der Waals surface area contributed by atoms with E-state index in [-0.39, 0.29) is 30.2 Å². The van der Waals surface area contributed by atoms with Gasteiger partial charge >= 0.3 is 0 Å². The number of hydrogen-bond acceptors (Lipinski definition) is 8. The highest BCUT2D eigenvalue weighted by Crippen LogP contribution is 2.22. The number of benzene rings is 2. The van der Waals surface area contributed by atoms with Gasteiger partial charge in [0.05, 0.1) is 41.1 Å². The molecule has 5 rings (SSSR count). The van der Waals surface area contributed by atoms with Crippen LogP contribution >= 0.6 is 0 Å². The van der Waals surface area contributed by atoms with Crippen LogP contribution in [-0.4, -0.2) is 69.5 Å². The number of epoxide rings is 1. The largest absolute Gasteiger partial charge is 0.391 e. The number of hydroxylamine groups is 4. The Labute approximate surface area is 190 Å². The third-order valence-corrected chi connectivity index (χ3v) is 4.47. The third kappa shape index (κ3) is 5.88. The van der Waals surface area contributed by atoms with Crippen LogP contribution < -0.4 is 0 Å². The van der Waals surface area contributed by atoms with Crippen LogP contribution in [0, 0.1) is 0 Å². The molecule has 2 unspecified atom stereocenters. The molecule has 0 bridgehead atoms. The molecule has 33 heavy (non-hydrogen) atoms. The third-order valence-electron chi connectivity index (χ3n) is 4.47. The summed E-state index contributed by atoms with van der Waals surface area (Å²) in [5, 5.41) is 18.8. The van der Waals surface area contributed by atoms with Crippen LogP contribution in [0.3, 0.4) is 0 Å². The number of rotatable bonds is 3. The Hall–Kier alpha value is -3.44.